The second kappa shape index (κ2) is 7.39. The summed E-state index contributed by atoms with van der Waals surface area (Å²) in [4.78, 5) is 20.7. The Morgan fingerprint density at radius 1 is 1.12 bits per heavy atom. The van der Waals surface area contributed by atoms with E-state index in [0.29, 0.717) is 6.54 Å². The Hall–Kier alpha value is -3.15. The van der Waals surface area contributed by atoms with Crippen LogP contribution in [0.1, 0.15) is 35.2 Å². The van der Waals surface area contributed by atoms with Crippen molar-refractivity contribution in [2.24, 2.45) is 0 Å². The lowest BCUT2D eigenvalue weighted by Crippen LogP contribution is -2.42. The maximum atomic E-state index is 12.5. The van der Waals surface area contributed by atoms with Gasteiger partial charge in [0.25, 0.3) is 0 Å². The number of hydrogen-bond acceptors (Lipinski definition) is 3. The number of fused-ring (bicyclic) bond motifs is 1. The molecule has 4 rings (SSSR count). The first kappa shape index (κ1) is 16.3. The van der Waals surface area contributed by atoms with Crippen molar-refractivity contribution in [3.63, 3.8) is 0 Å². The molecule has 1 aliphatic rings. The van der Waals surface area contributed by atoms with E-state index in [-0.39, 0.29) is 18.1 Å². The first-order valence-corrected chi connectivity index (χ1v) is 8.80. The molecule has 6 nitrogen and oxygen atoms in total. The van der Waals surface area contributed by atoms with E-state index in [4.69, 9.17) is 0 Å². The molecule has 2 heterocycles. The van der Waals surface area contributed by atoms with Crippen LogP contribution in [0.15, 0.2) is 67.5 Å². The smallest absolute Gasteiger partial charge is 0.315 e. The predicted octanol–water partition coefficient (Wildman–Crippen LogP) is 3.01. The maximum Gasteiger partial charge on any atom is 0.315 e. The number of imidazole rings is 1. The monoisotopic (exact) mass is 347 g/mol. The zero-order valence-corrected chi connectivity index (χ0v) is 14.4. The van der Waals surface area contributed by atoms with Crippen molar-refractivity contribution >= 4 is 6.03 Å². The van der Waals surface area contributed by atoms with Gasteiger partial charge in [-0.1, -0.05) is 24.3 Å². The summed E-state index contributed by atoms with van der Waals surface area (Å²) >= 11 is 0. The third-order valence-electron chi connectivity index (χ3n) is 4.88. The average molecular weight is 347 g/mol. The Kier molecular flexibility index (Phi) is 4.64. The molecule has 1 aliphatic carbocycles. The molecule has 0 unspecified atom stereocenters. The van der Waals surface area contributed by atoms with Gasteiger partial charge in [-0.2, -0.15) is 0 Å². The molecule has 0 aliphatic heterocycles. The van der Waals surface area contributed by atoms with E-state index in [0.717, 1.165) is 18.4 Å². The summed E-state index contributed by atoms with van der Waals surface area (Å²) in [6.07, 6.45) is 11.0. The van der Waals surface area contributed by atoms with E-state index >= 15 is 0 Å². The highest BCUT2D eigenvalue weighted by Gasteiger charge is 2.31. The Labute approximate surface area is 152 Å². The fourth-order valence-electron chi connectivity index (χ4n) is 3.58. The van der Waals surface area contributed by atoms with Crippen LogP contribution in [-0.4, -0.2) is 20.6 Å². The Morgan fingerprint density at radius 2 is 1.96 bits per heavy atom. The van der Waals surface area contributed by atoms with Crippen molar-refractivity contribution in [1.82, 2.24) is 25.2 Å². The van der Waals surface area contributed by atoms with Crippen molar-refractivity contribution in [1.29, 1.82) is 0 Å². The van der Waals surface area contributed by atoms with Crippen LogP contribution >= 0.6 is 0 Å². The number of nitrogens with zero attached hydrogens (tertiary/aromatic N) is 3. The summed E-state index contributed by atoms with van der Waals surface area (Å²) < 4.78 is 2.09. The van der Waals surface area contributed by atoms with Crippen molar-refractivity contribution in [2.75, 3.05) is 0 Å². The zero-order chi connectivity index (χ0) is 17.8. The quantitative estimate of drug-likeness (QED) is 0.762. The van der Waals surface area contributed by atoms with Crippen LogP contribution in [0.4, 0.5) is 4.79 Å². The molecule has 132 valence electrons. The van der Waals surface area contributed by atoms with Crippen molar-refractivity contribution in [2.45, 2.75) is 31.5 Å². The molecule has 0 radical (unpaired) electrons. The lowest BCUT2D eigenvalue weighted by Gasteiger charge is -2.35. The second-order valence-electron chi connectivity index (χ2n) is 6.47. The van der Waals surface area contributed by atoms with Gasteiger partial charge in [0.2, 0.25) is 0 Å². The third-order valence-corrected chi connectivity index (χ3v) is 4.88. The number of rotatable bonds is 4. The maximum absolute atomic E-state index is 12.5. The van der Waals surface area contributed by atoms with E-state index in [2.05, 4.69) is 43.4 Å². The van der Waals surface area contributed by atoms with Gasteiger partial charge < -0.3 is 15.2 Å². The van der Waals surface area contributed by atoms with E-state index < -0.39 is 0 Å². The number of pyridine rings is 1. The number of amides is 2. The van der Waals surface area contributed by atoms with E-state index in [9.17, 15) is 4.79 Å². The second-order valence-corrected chi connectivity index (χ2v) is 6.47. The normalized spacial score (nSPS) is 18.8. The SMILES string of the molecule is O=C(NCc1ccncc1)N[C@@H]1c2ccccc2CC[C@H]1n1ccnc1. The summed E-state index contributed by atoms with van der Waals surface area (Å²) in [5, 5.41) is 6.11. The van der Waals surface area contributed by atoms with Crippen LogP contribution in [0.25, 0.3) is 0 Å². The van der Waals surface area contributed by atoms with Gasteiger partial charge in [0.05, 0.1) is 18.4 Å². The lowest BCUT2D eigenvalue weighted by molar-refractivity contribution is 0.227. The molecule has 0 bridgehead atoms. The highest BCUT2D eigenvalue weighted by Crippen LogP contribution is 2.37. The summed E-state index contributed by atoms with van der Waals surface area (Å²) in [7, 11) is 0. The van der Waals surface area contributed by atoms with Crippen LogP contribution in [0.5, 0.6) is 0 Å². The number of aromatic nitrogens is 3. The van der Waals surface area contributed by atoms with Gasteiger partial charge in [-0.05, 0) is 41.7 Å². The Morgan fingerprint density at radius 3 is 2.77 bits per heavy atom. The lowest BCUT2D eigenvalue weighted by atomic mass is 9.84. The van der Waals surface area contributed by atoms with Crippen LogP contribution in [0.2, 0.25) is 0 Å². The van der Waals surface area contributed by atoms with Crippen molar-refractivity contribution < 1.29 is 4.79 Å². The largest absolute Gasteiger partial charge is 0.334 e. The summed E-state index contributed by atoms with van der Waals surface area (Å²) in [6, 6.07) is 12.0. The van der Waals surface area contributed by atoms with E-state index in [1.807, 2.05) is 30.7 Å². The van der Waals surface area contributed by atoms with E-state index in [1.165, 1.54) is 11.1 Å². The first-order valence-electron chi connectivity index (χ1n) is 8.80. The highest BCUT2D eigenvalue weighted by molar-refractivity contribution is 5.74. The fraction of sp³-hybridized carbons (Fsp3) is 0.250. The minimum Gasteiger partial charge on any atom is -0.334 e. The number of urea groups is 1. The highest BCUT2D eigenvalue weighted by atomic mass is 16.2. The molecule has 26 heavy (non-hydrogen) atoms. The first-order chi connectivity index (χ1) is 12.8. The predicted molar refractivity (Wildman–Crippen MR) is 98.4 cm³/mol. The van der Waals surface area contributed by atoms with Crippen LogP contribution < -0.4 is 10.6 Å². The number of aryl methyl sites for hydroxylation is 1. The Bertz CT molecular complexity index is 863. The Balaban J connectivity index is 1.52. The molecule has 0 spiro atoms. The van der Waals surface area contributed by atoms with E-state index in [1.54, 1.807) is 18.6 Å². The van der Waals surface area contributed by atoms with Gasteiger partial charge in [0.1, 0.15) is 0 Å². The molecule has 6 heteroatoms. The molecule has 0 fully saturated rings. The fourth-order valence-corrected chi connectivity index (χ4v) is 3.58. The standard InChI is InChI=1S/C20H21N5O/c26-20(23-13-15-7-9-21-10-8-15)24-19-17-4-2-1-3-16(17)5-6-18(19)25-12-11-22-14-25/h1-4,7-12,14,18-19H,5-6,13H2,(H2,23,24,26)/t18-,19-/m1/s1. The topological polar surface area (TPSA) is 71.8 Å². The molecule has 2 N–H and O–H groups in total. The van der Waals surface area contributed by atoms with Gasteiger partial charge in [-0.25, -0.2) is 9.78 Å². The molecular formula is C20H21N5O. The number of hydrogen-bond donors (Lipinski definition) is 2. The molecule has 2 atom stereocenters. The molecule has 0 saturated carbocycles. The molecular weight excluding hydrogens is 326 g/mol. The van der Waals surface area contributed by atoms with Gasteiger partial charge in [0.15, 0.2) is 0 Å². The number of carbonyl (C=O) groups is 1. The van der Waals surface area contributed by atoms with Gasteiger partial charge in [-0.15, -0.1) is 0 Å². The number of benzene rings is 1. The number of carbonyl (C=O) groups excluding carboxylic acids is 1. The van der Waals surface area contributed by atoms with Crippen LogP contribution in [-0.2, 0) is 13.0 Å². The van der Waals surface area contributed by atoms with Crippen molar-refractivity contribution in [3.8, 4) is 0 Å². The summed E-state index contributed by atoms with van der Waals surface area (Å²) in [6.45, 7) is 0.471. The summed E-state index contributed by atoms with van der Waals surface area (Å²) in [5.74, 6) is 0. The summed E-state index contributed by atoms with van der Waals surface area (Å²) in [5.41, 5.74) is 3.49. The minimum absolute atomic E-state index is 0.0911. The van der Waals surface area contributed by atoms with Crippen LogP contribution in [0.3, 0.4) is 0 Å². The molecule has 1 aromatic carbocycles. The minimum atomic E-state index is -0.173. The molecule has 2 aromatic heterocycles. The molecule has 3 aromatic rings. The molecule has 2 amide bonds. The van der Waals surface area contributed by atoms with Crippen molar-refractivity contribution in [3.05, 3.63) is 84.2 Å². The number of nitrogens with one attached hydrogen (secondary N) is 2. The van der Waals surface area contributed by atoms with Gasteiger partial charge in [0, 0.05) is 31.3 Å². The zero-order valence-electron chi connectivity index (χ0n) is 14.4. The van der Waals surface area contributed by atoms with Gasteiger partial charge >= 0.3 is 6.03 Å². The average Bonchev–Trinajstić information content (AvgIpc) is 3.22. The third kappa shape index (κ3) is 3.44. The van der Waals surface area contributed by atoms with Crippen LogP contribution in [0, 0.1) is 0 Å². The molecule has 0 saturated heterocycles. The van der Waals surface area contributed by atoms with Gasteiger partial charge in [-0.3, -0.25) is 4.98 Å².